The third-order valence-corrected chi connectivity index (χ3v) is 7.44. The van der Waals surface area contributed by atoms with E-state index < -0.39 is 0 Å². The van der Waals surface area contributed by atoms with Gasteiger partial charge in [0.05, 0.1) is 5.39 Å². The van der Waals surface area contributed by atoms with Crippen molar-refractivity contribution in [2.75, 3.05) is 25.0 Å². The molecule has 5 heteroatoms. The van der Waals surface area contributed by atoms with E-state index in [1.807, 2.05) is 11.3 Å². The molecule has 3 aromatic rings. The molecule has 0 bridgehead atoms. The third-order valence-electron chi connectivity index (χ3n) is 6.24. The minimum Gasteiger partial charge on any atom is -0.367 e. The first kappa shape index (κ1) is 18.1. The molecule has 0 unspecified atom stereocenters. The summed E-state index contributed by atoms with van der Waals surface area (Å²) in [5.41, 5.74) is 2.96. The zero-order chi connectivity index (χ0) is 18.8. The maximum absolute atomic E-state index is 4.65. The topological polar surface area (TPSA) is 41.0 Å². The number of rotatable bonds is 5. The van der Waals surface area contributed by atoms with Gasteiger partial charge in [-0.1, -0.05) is 30.3 Å². The number of anilines is 1. The van der Waals surface area contributed by atoms with Crippen LogP contribution in [0.2, 0.25) is 0 Å². The zero-order valence-corrected chi connectivity index (χ0v) is 17.2. The second kappa shape index (κ2) is 8.18. The van der Waals surface area contributed by atoms with Crippen LogP contribution in [0, 0.1) is 0 Å². The number of thiophene rings is 1. The lowest BCUT2D eigenvalue weighted by molar-refractivity contribution is 0.221. The Morgan fingerprint density at radius 1 is 1.04 bits per heavy atom. The van der Waals surface area contributed by atoms with Crippen molar-refractivity contribution in [3.05, 3.63) is 52.7 Å². The van der Waals surface area contributed by atoms with Crippen LogP contribution in [0.3, 0.4) is 0 Å². The fourth-order valence-electron chi connectivity index (χ4n) is 4.63. The normalized spacial score (nSPS) is 18.3. The Hall–Kier alpha value is -1.98. The number of hydrogen-bond donors (Lipinski definition) is 1. The molecular formula is C23H28N4S. The van der Waals surface area contributed by atoms with Crippen LogP contribution in [0.5, 0.6) is 0 Å². The van der Waals surface area contributed by atoms with Gasteiger partial charge < -0.3 is 10.2 Å². The monoisotopic (exact) mass is 392 g/mol. The number of nitrogens with zero attached hydrogens (tertiary/aromatic N) is 3. The highest BCUT2D eigenvalue weighted by Crippen LogP contribution is 2.38. The van der Waals surface area contributed by atoms with E-state index in [1.165, 1.54) is 73.0 Å². The number of fused-ring (bicyclic) bond motifs is 3. The lowest BCUT2D eigenvalue weighted by atomic mass is 9.96. The smallest absolute Gasteiger partial charge is 0.138 e. The quantitative estimate of drug-likeness (QED) is 0.684. The van der Waals surface area contributed by atoms with E-state index in [2.05, 4.69) is 50.5 Å². The Balaban J connectivity index is 1.22. The van der Waals surface area contributed by atoms with E-state index in [9.17, 15) is 0 Å². The molecule has 5 rings (SSSR count). The van der Waals surface area contributed by atoms with E-state index in [-0.39, 0.29) is 0 Å². The van der Waals surface area contributed by atoms with E-state index in [0.29, 0.717) is 6.04 Å². The van der Waals surface area contributed by atoms with Crippen molar-refractivity contribution >= 4 is 27.4 Å². The van der Waals surface area contributed by atoms with Crippen molar-refractivity contribution in [2.45, 2.75) is 51.0 Å². The van der Waals surface area contributed by atoms with Gasteiger partial charge in [-0.25, -0.2) is 9.97 Å². The molecule has 2 aliphatic rings. The first-order valence-electron chi connectivity index (χ1n) is 10.6. The lowest BCUT2D eigenvalue weighted by Crippen LogP contribution is -2.40. The Labute approximate surface area is 171 Å². The number of likely N-dealkylation sites (tertiary alicyclic amines) is 1. The Kier molecular flexibility index (Phi) is 5.28. The number of hydrogen-bond acceptors (Lipinski definition) is 5. The maximum atomic E-state index is 4.65. The molecule has 0 amide bonds. The van der Waals surface area contributed by atoms with Gasteiger partial charge in [-0.2, -0.15) is 0 Å². The number of nitrogens with one attached hydrogen (secondary N) is 1. The Bertz CT molecular complexity index is 928. The molecule has 1 fully saturated rings. The average Bonchev–Trinajstić information content (AvgIpc) is 3.14. The molecule has 0 radical (unpaired) electrons. The molecule has 0 saturated carbocycles. The van der Waals surface area contributed by atoms with Crippen LogP contribution >= 0.6 is 11.3 Å². The standard InChI is InChI=1S/C23H28N4S/c1-2-6-17(7-3-1)10-13-27-14-11-18(12-15-27)26-22-21-19-8-4-5-9-20(19)28-23(21)25-16-24-22/h1-3,6-7,16,18H,4-5,8-15H2,(H,24,25,26). The Morgan fingerprint density at radius 3 is 2.71 bits per heavy atom. The predicted octanol–water partition coefficient (Wildman–Crippen LogP) is 4.69. The summed E-state index contributed by atoms with van der Waals surface area (Å²) in [4.78, 5) is 14.5. The molecule has 1 saturated heterocycles. The molecule has 2 aromatic heterocycles. The van der Waals surface area contributed by atoms with Gasteiger partial charge >= 0.3 is 0 Å². The van der Waals surface area contributed by atoms with Gasteiger partial charge in [0.2, 0.25) is 0 Å². The fraction of sp³-hybridized carbons (Fsp3) is 0.478. The van der Waals surface area contributed by atoms with Gasteiger partial charge in [0.15, 0.2) is 0 Å². The number of benzene rings is 1. The predicted molar refractivity (Wildman–Crippen MR) is 117 cm³/mol. The first-order chi connectivity index (χ1) is 13.9. The second-order valence-electron chi connectivity index (χ2n) is 8.11. The largest absolute Gasteiger partial charge is 0.367 e. The summed E-state index contributed by atoms with van der Waals surface area (Å²) >= 11 is 1.88. The summed E-state index contributed by atoms with van der Waals surface area (Å²) in [6.45, 7) is 3.49. The Morgan fingerprint density at radius 2 is 1.86 bits per heavy atom. The zero-order valence-electron chi connectivity index (χ0n) is 16.4. The maximum Gasteiger partial charge on any atom is 0.138 e. The van der Waals surface area contributed by atoms with E-state index in [0.717, 1.165) is 18.8 Å². The van der Waals surface area contributed by atoms with E-state index >= 15 is 0 Å². The molecule has 0 atom stereocenters. The van der Waals surface area contributed by atoms with Crippen molar-refractivity contribution < 1.29 is 0 Å². The minimum atomic E-state index is 0.519. The van der Waals surface area contributed by atoms with Crippen LogP contribution in [0.15, 0.2) is 36.7 Å². The SMILES string of the molecule is c1ccc(CCN2CCC(Nc3ncnc4sc5c(c34)CCCC5)CC2)cc1. The van der Waals surface area contributed by atoms with Crippen LogP contribution in [0.4, 0.5) is 5.82 Å². The van der Waals surface area contributed by atoms with Crippen LogP contribution < -0.4 is 5.32 Å². The van der Waals surface area contributed by atoms with Crippen LogP contribution in [-0.2, 0) is 19.3 Å². The molecule has 1 aromatic carbocycles. The van der Waals surface area contributed by atoms with Crippen LogP contribution in [-0.4, -0.2) is 40.5 Å². The van der Waals surface area contributed by atoms with Crippen molar-refractivity contribution in [2.24, 2.45) is 0 Å². The van der Waals surface area contributed by atoms with E-state index in [1.54, 1.807) is 11.2 Å². The highest BCUT2D eigenvalue weighted by molar-refractivity contribution is 7.19. The molecule has 3 heterocycles. The first-order valence-corrected chi connectivity index (χ1v) is 11.5. The molecule has 4 nitrogen and oxygen atoms in total. The van der Waals surface area contributed by atoms with Gasteiger partial charge in [0, 0.05) is 30.6 Å². The molecule has 28 heavy (non-hydrogen) atoms. The molecule has 146 valence electrons. The van der Waals surface area contributed by atoms with Crippen molar-refractivity contribution in [1.82, 2.24) is 14.9 Å². The van der Waals surface area contributed by atoms with Crippen molar-refractivity contribution in [3.8, 4) is 0 Å². The highest BCUT2D eigenvalue weighted by Gasteiger charge is 2.23. The number of piperidine rings is 1. The summed E-state index contributed by atoms with van der Waals surface area (Å²) in [6, 6.07) is 11.3. The lowest BCUT2D eigenvalue weighted by Gasteiger charge is -2.32. The highest BCUT2D eigenvalue weighted by atomic mass is 32.1. The van der Waals surface area contributed by atoms with Crippen LogP contribution in [0.25, 0.3) is 10.2 Å². The molecule has 1 aliphatic heterocycles. The summed E-state index contributed by atoms with van der Waals surface area (Å²) in [5.74, 6) is 1.08. The number of aryl methyl sites for hydroxylation is 2. The third kappa shape index (κ3) is 3.78. The average molecular weight is 393 g/mol. The van der Waals surface area contributed by atoms with Crippen LogP contribution in [0.1, 0.15) is 41.7 Å². The minimum absolute atomic E-state index is 0.519. The summed E-state index contributed by atoms with van der Waals surface area (Å²) in [7, 11) is 0. The second-order valence-corrected chi connectivity index (χ2v) is 9.19. The summed E-state index contributed by atoms with van der Waals surface area (Å²) < 4.78 is 0. The van der Waals surface area contributed by atoms with Gasteiger partial charge in [0.1, 0.15) is 17.0 Å². The number of aromatic nitrogens is 2. The molecular weight excluding hydrogens is 364 g/mol. The van der Waals surface area contributed by atoms with Crippen molar-refractivity contribution in [1.29, 1.82) is 0 Å². The summed E-state index contributed by atoms with van der Waals surface area (Å²) in [6.07, 6.45) is 10.3. The van der Waals surface area contributed by atoms with Gasteiger partial charge in [-0.15, -0.1) is 11.3 Å². The van der Waals surface area contributed by atoms with Crippen molar-refractivity contribution in [3.63, 3.8) is 0 Å². The fourth-order valence-corrected chi connectivity index (χ4v) is 5.85. The molecule has 1 N–H and O–H groups in total. The molecule has 1 aliphatic carbocycles. The van der Waals surface area contributed by atoms with Gasteiger partial charge in [-0.05, 0) is 56.1 Å². The molecule has 0 spiro atoms. The van der Waals surface area contributed by atoms with E-state index in [4.69, 9.17) is 0 Å². The van der Waals surface area contributed by atoms with Gasteiger partial charge in [-0.3, -0.25) is 0 Å². The van der Waals surface area contributed by atoms with Gasteiger partial charge in [0.25, 0.3) is 0 Å². The summed E-state index contributed by atoms with van der Waals surface area (Å²) in [5, 5.41) is 5.10.